The van der Waals surface area contributed by atoms with Gasteiger partial charge < -0.3 is 5.11 Å². The van der Waals surface area contributed by atoms with E-state index in [1.807, 2.05) is 0 Å². The van der Waals surface area contributed by atoms with Crippen molar-refractivity contribution in [2.45, 2.75) is 4.90 Å². The van der Waals surface area contributed by atoms with Gasteiger partial charge in [-0.05, 0) is 11.6 Å². The number of hydrogen-bond acceptors (Lipinski definition) is 3. The Labute approximate surface area is 86.4 Å². The summed E-state index contributed by atoms with van der Waals surface area (Å²) in [5.41, 5.74) is -0.424. The Morgan fingerprint density at radius 2 is 2.00 bits per heavy atom. The molecule has 0 saturated heterocycles. The first kappa shape index (κ1) is 11.4. The van der Waals surface area contributed by atoms with Gasteiger partial charge in [-0.1, -0.05) is 24.8 Å². The van der Waals surface area contributed by atoms with E-state index in [1.54, 1.807) is 0 Å². The van der Waals surface area contributed by atoms with Gasteiger partial charge in [0.25, 0.3) is 10.1 Å². The third kappa shape index (κ3) is 2.23. The maximum Gasteiger partial charge on any atom is 0.337 e. The molecule has 0 aliphatic carbocycles. The van der Waals surface area contributed by atoms with Crippen molar-refractivity contribution in [3.63, 3.8) is 0 Å². The first-order valence-electron chi connectivity index (χ1n) is 3.84. The van der Waals surface area contributed by atoms with Gasteiger partial charge in [-0.25, -0.2) is 4.79 Å². The van der Waals surface area contributed by atoms with Gasteiger partial charge in [0.05, 0.1) is 5.56 Å². The van der Waals surface area contributed by atoms with E-state index in [0.29, 0.717) is 0 Å². The summed E-state index contributed by atoms with van der Waals surface area (Å²) >= 11 is 0. The standard InChI is InChI=1S/C9H8O5S/c1-2-6-4-3-5-7(9(10)11)8(6)15(12,13)14/h2-5H,1H2,(H,10,11)(H,12,13,14). The van der Waals surface area contributed by atoms with E-state index in [4.69, 9.17) is 9.66 Å². The summed E-state index contributed by atoms with van der Waals surface area (Å²) in [6, 6.07) is 3.82. The van der Waals surface area contributed by atoms with Crippen LogP contribution in [0.5, 0.6) is 0 Å². The number of carboxylic acid groups (broad SMARTS) is 1. The highest BCUT2D eigenvalue weighted by Gasteiger charge is 2.22. The molecule has 2 N–H and O–H groups in total. The number of hydrogen-bond donors (Lipinski definition) is 2. The minimum absolute atomic E-state index is 0.0531. The van der Waals surface area contributed by atoms with E-state index in [1.165, 1.54) is 12.1 Å². The minimum atomic E-state index is -4.57. The maximum absolute atomic E-state index is 11.0. The van der Waals surface area contributed by atoms with E-state index in [2.05, 4.69) is 6.58 Å². The van der Waals surface area contributed by atoms with Gasteiger partial charge in [0.1, 0.15) is 4.90 Å². The van der Waals surface area contributed by atoms with Crippen LogP contribution in [0.4, 0.5) is 0 Å². The van der Waals surface area contributed by atoms with E-state index in [-0.39, 0.29) is 5.56 Å². The zero-order valence-electron chi connectivity index (χ0n) is 7.54. The zero-order chi connectivity index (χ0) is 11.6. The van der Waals surface area contributed by atoms with Crippen LogP contribution in [0.3, 0.4) is 0 Å². The average molecular weight is 228 g/mol. The third-order valence-electron chi connectivity index (χ3n) is 1.75. The van der Waals surface area contributed by atoms with Crippen LogP contribution < -0.4 is 0 Å². The van der Waals surface area contributed by atoms with Gasteiger partial charge in [0, 0.05) is 0 Å². The van der Waals surface area contributed by atoms with Crippen molar-refractivity contribution in [1.29, 1.82) is 0 Å². The molecule has 0 aromatic heterocycles. The Morgan fingerprint density at radius 1 is 1.40 bits per heavy atom. The van der Waals surface area contributed by atoms with Gasteiger partial charge in [0.2, 0.25) is 0 Å². The second-order valence-corrected chi connectivity index (χ2v) is 4.07. The van der Waals surface area contributed by atoms with Gasteiger partial charge in [0.15, 0.2) is 0 Å². The second-order valence-electron chi connectivity index (χ2n) is 2.71. The molecule has 0 saturated carbocycles. The van der Waals surface area contributed by atoms with Crippen LogP contribution >= 0.6 is 0 Å². The highest BCUT2D eigenvalue weighted by molar-refractivity contribution is 7.86. The van der Waals surface area contributed by atoms with Crippen molar-refractivity contribution in [1.82, 2.24) is 0 Å². The van der Waals surface area contributed by atoms with Crippen molar-refractivity contribution < 1.29 is 22.9 Å². The quantitative estimate of drug-likeness (QED) is 0.760. The molecule has 0 radical (unpaired) electrons. The lowest BCUT2D eigenvalue weighted by Crippen LogP contribution is -2.09. The van der Waals surface area contributed by atoms with E-state index < -0.39 is 26.5 Å². The lowest BCUT2D eigenvalue weighted by atomic mass is 10.1. The Morgan fingerprint density at radius 3 is 2.40 bits per heavy atom. The topological polar surface area (TPSA) is 91.7 Å². The largest absolute Gasteiger partial charge is 0.478 e. The van der Waals surface area contributed by atoms with Gasteiger partial charge in [-0.15, -0.1) is 0 Å². The van der Waals surface area contributed by atoms with Crippen LogP contribution in [0.25, 0.3) is 6.08 Å². The summed E-state index contributed by atoms with van der Waals surface area (Å²) in [7, 11) is -4.57. The first-order valence-corrected chi connectivity index (χ1v) is 5.28. The fourth-order valence-electron chi connectivity index (χ4n) is 1.17. The Bertz CT molecular complexity index is 515. The predicted molar refractivity (Wildman–Crippen MR) is 53.3 cm³/mol. The highest BCUT2D eigenvalue weighted by atomic mass is 32.2. The van der Waals surface area contributed by atoms with Crippen molar-refractivity contribution >= 4 is 22.2 Å². The van der Waals surface area contributed by atoms with Crippen LogP contribution in [-0.2, 0) is 10.1 Å². The van der Waals surface area contributed by atoms with Gasteiger partial charge in [-0.2, -0.15) is 8.42 Å². The SMILES string of the molecule is C=Cc1cccc(C(=O)O)c1S(=O)(=O)O. The molecule has 1 aromatic carbocycles. The first-order chi connectivity index (χ1) is 6.88. The lowest BCUT2D eigenvalue weighted by molar-refractivity contribution is 0.0692. The van der Waals surface area contributed by atoms with Crippen LogP contribution in [0.2, 0.25) is 0 Å². The lowest BCUT2D eigenvalue weighted by Gasteiger charge is -2.05. The van der Waals surface area contributed by atoms with Crippen LogP contribution in [0.15, 0.2) is 29.7 Å². The monoisotopic (exact) mass is 228 g/mol. The molecule has 0 unspecified atom stereocenters. The molecule has 0 aliphatic heterocycles. The number of carbonyl (C=O) groups is 1. The number of carboxylic acids is 1. The maximum atomic E-state index is 11.0. The van der Waals surface area contributed by atoms with Crippen molar-refractivity contribution in [3.05, 3.63) is 35.9 Å². The van der Waals surface area contributed by atoms with Crippen molar-refractivity contribution in [2.75, 3.05) is 0 Å². The highest BCUT2D eigenvalue weighted by Crippen LogP contribution is 2.21. The molecule has 0 fully saturated rings. The molecule has 15 heavy (non-hydrogen) atoms. The van der Waals surface area contributed by atoms with E-state index >= 15 is 0 Å². The Balaban J connectivity index is 3.70. The summed E-state index contributed by atoms with van der Waals surface area (Å²) in [5, 5.41) is 8.74. The normalized spacial score (nSPS) is 11.0. The molecule has 5 nitrogen and oxygen atoms in total. The van der Waals surface area contributed by atoms with Crippen LogP contribution in [-0.4, -0.2) is 24.0 Å². The molecule has 6 heteroatoms. The predicted octanol–water partition coefficient (Wildman–Crippen LogP) is 1.27. The van der Waals surface area contributed by atoms with E-state index in [0.717, 1.165) is 12.1 Å². The molecular formula is C9H8O5S. The summed E-state index contributed by atoms with van der Waals surface area (Å²) in [6.45, 7) is 3.34. The van der Waals surface area contributed by atoms with Crippen molar-refractivity contribution in [3.8, 4) is 0 Å². The molecule has 0 atom stereocenters. The van der Waals surface area contributed by atoms with Crippen LogP contribution in [0.1, 0.15) is 15.9 Å². The zero-order valence-corrected chi connectivity index (χ0v) is 8.36. The second kappa shape index (κ2) is 3.84. The van der Waals surface area contributed by atoms with Crippen LogP contribution in [0, 0.1) is 0 Å². The minimum Gasteiger partial charge on any atom is -0.478 e. The third-order valence-corrected chi connectivity index (χ3v) is 2.73. The molecule has 0 amide bonds. The molecular weight excluding hydrogens is 220 g/mol. The average Bonchev–Trinajstić information content (AvgIpc) is 2.15. The summed E-state index contributed by atoms with van der Waals surface area (Å²) < 4.78 is 30.9. The molecule has 0 aliphatic rings. The number of benzene rings is 1. The smallest absolute Gasteiger partial charge is 0.337 e. The molecule has 0 heterocycles. The van der Waals surface area contributed by atoms with Gasteiger partial charge >= 0.3 is 5.97 Å². The summed E-state index contributed by atoms with van der Waals surface area (Å²) in [5.74, 6) is -1.42. The fourth-order valence-corrected chi connectivity index (χ4v) is 2.05. The van der Waals surface area contributed by atoms with E-state index in [9.17, 15) is 13.2 Å². The summed E-state index contributed by atoms with van der Waals surface area (Å²) in [4.78, 5) is 10.1. The molecule has 0 bridgehead atoms. The molecule has 0 spiro atoms. The molecule has 1 rings (SSSR count). The fraction of sp³-hybridized carbons (Fsp3) is 0. The Kier molecular flexibility index (Phi) is 2.92. The number of aromatic carboxylic acids is 1. The summed E-state index contributed by atoms with van der Waals surface area (Å²) in [6.07, 6.45) is 1.16. The number of rotatable bonds is 3. The molecule has 1 aromatic rings. The molecule has 80 valence electrons. The van der Waals surface area contributed by atoms with Crippen molar-refractivity contribution in [2.24, 2.45) is 0 Å². The Hall–Kier alpha value is -1.66. The van der Waals surface area contributed by atoms with Gasteiger partial charge in [-0.3, -0.25) is 4.55 Å².